The monoisotopic (exact) mass is 147 g/mol. The van der Waals surface area contributed by atoms with Crippen molar-refractivity contribution >= 4 is 8.03 Å². The number of allylic oxidation sites excluding steroid dienone is 2. The highest BCUT2D eigenvalue weighted by atomic mass is 31.1. The summed E-state index contributed by atoms with van der Waals surface area (Å²) in [5, 5.41) is 0.660. The fourth-order valence-corrected chi connectivity index (χ4v) is 1.24. The molecule has 0 saturated carbocycles. The van der Waals surface area contributed by atoms with Crippen LogP contribution in [0.4, 0.5) is 0 Å². The van der Waals surface area contributed by atoms with E-state index in [1.165, 1.54) is 0 Å². The van der Waals surface area contributed by atoms with Crippen LogP contribution in [-0.2, 0) is 4.57 Å². The zero-order chi connectivity index (χ0) is 7.28. The molecule has 0 aromatic heterocycles. The quantitative estimate of drug-likeness (QED) is 0.622. The maximum Gasteiger partial charge on any atom is 0.541 e. The van der Waals surface area contributed by atoms with Gasteiger partial charge in [0.05, 0.1) is 0 Å². The predicted molar refractivity (Wildman–Crippen MR) is 38.5 cm³/mol. The highest BCUT2D eigenvalue weighted by Crippen LogP contribution is 2.30. The largest absolute Gasteiger partial charge is 0.541 e. The zero-order valence-corrected chi connectivity index (χ0v) is 6.69. The molecule has 1 N–H and O–H groups in total. The summed E-state index contributed by atoms with van der Waals surface area (Å²) in [6, 6.07) is 0. The molecule has 0 aliphatic heterocycles. The highest BCUT2D eigenvalue weighted by molar-refractivity contribution is 7.43. The Kier molecular flexibility index (Phi) is 4.55. The third-order valence-electron chi connectivity index (χ3n) is 1.09. The van der Waals surface area contributed by atoms with Gasteiger partial charge in [0.1, 0.15) is 0 Å². The summed E-state index contributed by atoms with van der Waals surface area (Å²) < 4.78 is 10.4. The Hall–Kier alpha value is -0.200. The smallest absolute Gasteiger partial charge is 0.156 e. The molecule has 3 heteroatoms. The van der Waals surface area contributed by atoms with Gasteiger partial charge in [0.25, 0.3) is 0 Å². The van der Waals surface area contributed by atoms with Gasteiger partial charge in [-0.15, -0.1) is 0 Å². The Morgan fingerprint density at radius 3 is 2.44 bits per heavy atom. The second kappa shape index (κ2) is 4.66. The lowest BCUT2D eigenvalue weighted by Gasteiger charge is -1.83. The summed E-state index contributed by atoms with van der Waals surface area (Å²) in [5.41, 5.74) is 0. The van der Waals surface area contributed by atoms with Crippen molar-refractivity contribution < 1.29 is 9.46 Å². The van der Waals surface area contributed by atoms with E-state index in [-0.39, 0.29) is 0 Å². The average Bonchev–Trinajstić information content (AvgIpc) is 1.82. The van der Waals surface area contributed by atoms with Crippen molar-refractivity contribution in [2.75, 3.05) is 0 Å². The molecular formula is C6H12O2P+. The summed E-state index contributed by atoms with van der Waals surface area (Å²) in [6.07, 6.45) is 3.38. The second-order valence-corrected chi connectivity index (χ2v) is 2.92. The Balaban J connectivity index is 3.85. The lowest BCUT2D eigenvalue weighted by atomic mass is 10.3. The van der Waals surface area contributed by atoms with E-state index in [0.717, 1.165) is 12.8 Å². The number of hydrogen-bond acceptors (Lipinski definition) is 1. The Bertz CT molecular complexity index is 129. The van der Waals surface area contributed by atoms with Crippen LogP contribution in [0.15, 0.2) is 11.4 Å². The molecule has 0 rings (SSSR count). The standard InChI is InChI=1S/C6H11O2P/c1-3-5-6(4-2)9(7)8/h4H,3,5H2,1-2H3/p+1. The lowest BCUT2D eigenvalue weighted by Crippen LogP contribution is -1.73. The topological polar surface area (TPSA) is 37.3 Å². The molecule has 0 amide bonds. The first kappa shape index (κ1) is 8.80. The second-order valence-electron chi connectivity index (χ2n) is 1.80. The van der Waals surface area contributed by atoms with E-state index in [9.17, 15) is 4.57 Å². The molecule has 0 fully saturated rings. The van der Waals surface area contributed by atoms with Gasteiger partial charge >= 0.3 is 8.03 Å². The van der Waals surface area contributed by atoms with Crippen molar-refractivity contribution in [2.45, 2.75) is 26.7 Å². The van der Waals surface area contributed by atoms with Crippen molar-refractivity contribution in [3.63, 3.8) is 0 Å². The molecule has 0 spiro atoms. The molecule has 1 atom stereocenters. The first-order chi connectivity index (χ1) is 4.22. The molecule has 1 unspecified atom stereocenters. The normalized spacial score (nSPS) is 13.7. The lowest BCUT2D eigenvalue weighted by molar-refractivity contribution is 0.507. The summed E-state index contributed by atoms with van der Waals surface area (Å²) in [4.78, 5) is 8.58. The van der Waals surface area contributed by atoms with Crippen LogP contribution in [-0.4, -0.2) is 4.89 Å². The van der Waals surface area contributed by atoms with Gasteiger partial charge in [-0.05, 0) is 24.0 Å². The third-order valence-corrected chi connectivity index (χ3v) is 2.06. The van der Waals surface area contributed by atoms with Crippen molar-refractivity contribution in [2.24, 2.45) is 0 Å². The Morgan fingerprint density at radius 1 is 1.78 bits per heavy atom. The predicted octanol–water partition coefficient (Wildman–Crippen LogP) is 2.43. The first-order valence-electron chi connectivity index (χ1n) is 3.03. The minimum atomic E-state index is -2.06. The van der Waals surface area contributed by atoms with Crippen LogP contribution in [0, 0.1) is 0 Å². The summed E-state index contributed by atoms with van der Waals surface area (Å²) >= 11 is 0. The molecule has 9 heavy (non-hydrogen) atoms. The van der Waals surface area contributed by atoms with Gasteiger partial charge in [-0.25, -0.2) is 0 Å². The van der Waals surface area contributed by atoms with Crippen LogP contribution in [0.25, 0.3) is 0 Å². The van der Waals surface area contributed by atoms with E-state index in [0.29, 0.717) is 5.31 Å². The highest BCUT2D eigenvalue weighted by Gasteiger charge is 2.16. The van der Waals surface area contributed by atoms with Crippen LogP contribution in [0.3, 0.4) is 0 Å². The molecule has 0 bridgehead atoms. The van der Waals surface area contributed by atoms with Gasteiger partial charge in [0.15, 0.2) is 5.31 Å². The Labute approximate surface area is 56.5 Å². The average molecular weight is 147 g/mol. The molecule has 52 valence electrons. The third kappa shape index (κ3) is 3.39. The van der Waals surface area contributed by atoms with Gasteiger partial charge in [0, 0.05) is 6.42 Å². The molecule has 0 radical (unpaired) electrons. The fraction of sp³-hybridized carbons (Fsp3) is 0.667. The number of hydrogen-bond donors (Lipinski definition) is 1. The zero-order valence-electron chi connectivity index (χ0n) is 5.79. The fourth-order valence-electron chi connectivity index (χ4n) is 0.607. The van der Waals surface area contributed by atoms with Crippen LogP contribution in [0.2, 0.25) is 0 Å². The van der Waals surface area contributed by atoms with E-state index in [2.05, 4.69) is 0 Å². The van der Waals surface area contributed by atoms with Gasteiger partial charge in [-0.1, -0.05) is 6.92 Å². The molecule has 0 aromatic carbocycles. The van der Waals surface area contributed by atoms with Crippen molar-refractivity contribution in [1.29, 1.82) is 0 Å². The molecule has 2 nitrogen and oxygen atoms in total. The molecular weight excluding hydrogens is 135 g/mol. The van der Waals surface area contributed by atoms with E-state index < -0.39 is 8.03 Å². The van der Waals surface area contributed by atoms with Crippen molar-refractivity contribution in [3.05, 3.63) is 11.4 Å². The molecule has 0 saturated heterocycles. The van der Waals surface area contributed by atoms with Gasteiger partial charge in [-0.2, -0.15) is 4.89 Å². The minimum absolute atomic E-state index is 0.660. The maximum atomic E-state index is 10.4. The summed E-state index contributed by atoms with van der Waals surface area (Å²) in [6.45, 7) is 3.77. The maximum absolute atomic E-state index is 10.4. The molecule has 0 aliphatic carbocycles. The van der Waals surface area contributed by atoms with Gasteiger partial charge in [-0.3, -0.25) is 0 Å². The minimum Gasteiger partial charge on any atom is -0.156 e. The van der Waals surface area contributed by atoms with Crippen LogP contribution in [0.1, 0.15) is 26.7 Å². The van der Waals surface area contributed by atoms with Crippen molar-refractivity contribution in [3.8, 4) is 0 Å². The Morgan fingerprint density at radius 2 is 2.33 bits per heavy atom. The van der Waals surface area contributed by atoms with Gasteiger partial charge in [0.2, 0.25) is 0 Å². The van der Waals surface area contributed by atoms with Crippen LogP contribution in [0.5, 0.6) is 0 Å². The first-order valence-corrected chi connectivity index (χ1v) is 4.25. The molecule has 0 heterocycles. The SMILES string of the molecule is CC=C(CCC)[P+](=O)O. The van der Waals surface area contributed by atoms with Gasteiger partial charge < -0.3 is 0 Å². The number of rotatable bonds is 3. The van der Waals surface area contributed by atoms with E-state index >= 15 is 0 Å². The molecule has 0 aromatic rings. The van der Waals surface area contributed by atoms with E-state index in [1.807, 2.05) is 6.92 Å². The molecule has 0 aliphatic rings. The van der Waals surface area contributed by atoms with Crippen LogP contribution < -0.4 is 0 Å². The summed E-state index contributed by atoms with van der Waals surface area (Å²) in [7, 11) is -2.06. The summed E-state index contributed by atoms with van der Waals surface area (Å²) in [5.74, 6) is 0. The van der Waals surface area contributed by atoms with Crippen LogP contribution >= 0.6 is 8.03 Å². The van der Waals surface area contributed by atoms with Crippen molar-refractivity contribution in [1.82, 2.24) is 0 Å². The van der Waals surface area contributed by atoms with E-state index in [1.54, 1.807) is 13.0 Å². The van der Waals surface area contributed by atoms with E-state index in [4.69, 9.17) is 4.89 Å².